The molecule has 2 aromatic rings. The highest BCUT2D eigenvalue weighted by atomic mass is 35.5. The van der Waals surface area contributed by atoms with Crippen molar-refractivity contribution < 1.29 is 4.74 Å². The van der Waals surface area contributed by atoms with Gasteiger partial charge in [-0.25, -0.2) is 0 Å². The van der Waals surface area contributed by atoms with E-state index in [1.54, 1.807) is 18.2 Å². The van der Waals surface area contributed by atoms with Crippen molar-refractivity contribution in [1.82, 2.24) is 0 Å². The average Bonchev–Trinajstić information content (AvgIpc) is 2.35. The van der Waals surface area contributed by atoms with Crippen LogP contribution in [0, 0.1) is 25.2 Å². The molecule has 2 nitrogen and oxygen atoms in total. The van der Waals surface area contributed by atoms with E-state index in [0.29, 0.717) is 21.4 Å². The maximum absolute atomic E-state index is 8.80. The predicted octanol–water partition coefficient (Wildman–Crippen LogP) is 5.27. The van der Waals surface area contributed by atoms with Crippen molar-refractivity contribution in [1.29, 1.82) is 5.26 Å². The summed E-state index contributed by atoms with van der Waals surface area (Å²) >= 11 is 12.1. The third-order valence-electron chi connectivity index (χ3n) is 2.70. The Morgan fingerprint density at radius 3 is 2.21 bits per heavy atom. The van der Waals surface area contributed by atoms with E-state index in [0.717, 1.165) is 16.9 Å². The van der Waals surface area contributed by atoms with Gasteiger partial charge in [0, 0.05) is 5.02 Å². The second-order valence-electron chi connectivity index (χ2n) is 4.23. The first-order valence-corrected chi connectivity index (χ1v) is 6.41. The van der Waals surface area contributed by atoms with Gasteiger partial charge in [0.2, 0.25) is 0 Å². The average molecular weight is 292 g/mol. The summed E-state index contributed by atoms with van der Waals surface area (Å²) < 4.78 is 5.83. The van der Waals surface area contributed by atoms with Crippen LogP contribution in [0.3, 0.4) is 0 Å². The molecule has 0 saturated carbocycles. The monoisotopic (exact) mass is 291 g/mol. The van der Waals surface area contributed by atoms with Crippen LogP contribution in [0.2, 0.25) is 10.0 Å². The maximum atomic E-state index is 8.80. The number of hydrogen-bond acceptors (Lipinski definition) is 2. The molecule has 0 aliphatic heterocycles. The number of nitriles is 1. The molecule has 0 heterocycles. The Hall–Kier alpha value is -1.69. The molecule has 0 N–H and O–H groups in total. The zero-order chi connectivity index (χ0) is 14.0. The van der Waals surface area contributed by atoms with Gasteiger partial charge < -0.3 is 4.74 Å². The number of nitrogens with zero attached hydrogens (tertiary/aromatic N) is 1. The number of aryl methyl sites for hydroxylation is 2. The molecule has 96 valence electrons. The minimum atomic E-state index is 0.410. The van der Waals surface area contributed by atoms with Gasteiger partial charge in [-0.1, -0.05) is 23.2 Å². The fourth-order valence-electron chi connectivity index (χ4n) is 1.82. The largest absolute Gasteiger partial charge is 0.455 e. The topological polar surface area (TPSA) is 33.0 Å². The molecular weight excluding hydrogens is 281 g/mol. The lowest BCUT2D eigenvalue weighted by molar-refractivity contribution is 0.475. The second-order valence-corrected chi connectivity index (χ2v) is 5.07. The van der Waals surface area contributed by atoms with Gasteiger partial charge in [-0.15, -0.1) is 0 Å². The van der Waals surface area contributed by atoms with Gasteiger partial charge >= 0.3 is 0 Å². The number of hydrogen-bond donors (Lipinski definition) is 0. The molecule has 2 rings (SSSR count). The van der Waals surface area contributed by atoms with Gasteiger partial charge in [0.1, 0.15) is 11.5 Å². The van der Waals surface area contributed by atoms with Crippen LogP contribution in [0.25, 0.3) is 0 Å². The normalized spacial score (nSPS) is 10.1. The molecule has 0 aromatic heterocycles. The van der Waals surface area contributed by atoms with Crippen molar-refractivity contribution in [3.63, 3.8) is 0 Å². The van der Waals surface area contributed by atoms with Crippen molar-refractivity contribution >= 4 is 23.2 Å². The number of rotatable bonds is 2. The third kappa shape index (κ3) is 3.01. The van der Waals surface area contributed by atoms with Crippen molar-refractivity contribution in [2.45, 2.75) is 13.8 Å². The van der Waals surface area contributed by atoms with Crippen LogP contribution in [0.1, 0.15) is 16.7 Å². The van der Waals surface area contributed by atoms with E-state index in [4.69, 9.17) is 33.2 Å². The summed E-state index contributed by atoms with van der Waals surface area (Å²) in [6, 6.07) is 10.6. The Balaban J connectivity index is 2.40. The minimum Gasteiger partial charge on any atom is -0.455 e. The lowest BCUT2D eigenvalue weighted by atomic mass is 10.1. The van der Waals surface area contributed by atoms with Crippen molar-refractivity contribution in [3.8, 4) is 17.6 Å². The number of ether oxygens (including phenoxy) is 1. The van der Waals surface area contributed by atoms with Crippen LogP contribution in [-0.4, -0.2) is 0 Å². The molecule has 0 radical (unpaired) electrons. The van der Waals surface area contributed by atoms with Crippen LogP contribution in [0.5, 0.6) is 11.5 Å². The van der Waals surface area contributed by atoms with Crippen LogP contribution in [0.4, 0.5) is 0 Å². The third-order valence-corrected chi connectivity index (χ3v) is 3.21. The lowest BCUT2D eigenvalue weighted by Crippen LogP contribution is -1.92. The number of halogens is 2. The fourth-order valence-corrected chi connectivity index (χ4v) is 2.37. The molecule has 0 bridgehead atoms. The van der Waals surface area contributed by atoms with E-state index < -0.39 is 0 Å². The van der Waals surface area contributed by atoms with E-state index in [9.17, 15) is 0 Å². The molecule has 0 aliphatic carbocycles. The van der Waals surface area contributed by atoms with Crippen LogP contribution in [0.15, 0.2) is 30.3 Å². The van der Waals surface area contributed by atoms with Crippen molar-refractivity contribution in [2.24, 2.45) is 0 Å². The van der Waals surface area contributed by atoms with Crippen molar-refractivity contribution in [2.75, 3.05) is 0 Å². The SMILES string of the molecule is Cc1cc(Cl)cc(C)c1Oc1ccc(C#N)cc1Cl. The first kappa shape index (κ1) is 13.7. The smallest absolute Gasteiger partial charge is 0.146 e. The van der Waals surface area contributed by atoms with Gasteiger partial charge in [-0.2, -0.15) is 5.26 Å². The van der Waals surface area contributed by atoms with Gasteiger partial charge in [-0.05, 0) is 55.3 Å². The van der Waals surface area contributed by atoms with Crippen LogP contribution < -0.4 is 4.74 Å². The van der Waals surface area contributed by atoms with E-state index in [1.165, 1.54) is 0 Å². The van der Waals surface area contributed by atoms with E-state index >= 15 is 0 Å². The van der Waals surface area contributed by atoms with Gasteiger partial charge in [0.15, 0.2) is 0 Å². The molecule has 0 atom stereocenters. The van der Waals surface area contributed by atoms with E-state index in [1.807, 2.05) is 32.0 Å². The standard InChI is InChI=1S/C15H11Cl2NO/c1-9-5-12(16)6-10(2)15(9)19-14-4-3-11(8-18)7-13(14)17/h3-7H,1-2H3. The summed E-state index contributed by atoms with van der Waals surface area (Å²) in [7, 11) is 0. The first-order valence-electron chi connectivity index (χ1n) is 5.65. The Kier molecular flexibility index (Phi) is 3.99. The molecule has 0 unspecified atom stereocenters. The molecule has 2 aromatic carbocycles. The Morgan fingerprint density at radius 2 is 1.68 bits per heavy atom. The second kappa shape index (κ2) is 5.52. The maximum Gasteiger partial charge on any atom is 0.146 e. The highest BCUT2D eigenvalue weighted by Gasteiger charge is 2.10. The first-order chi connectivity index (χ1) is 9.01. The summed E-state index contributed by atoms with van der Waals surface area (Å²) in [4.78, 5) is 0. The summed E-state index contributed by atoms with van der Waals surface area (Å²) in [5.41, 5.74) is 2.37. The predicted molar refractivity (Wildman–Crippen MR) is 77.2 cm³/mol. The van der Waals surface area contributed by atoms with Crippen LogP contribution >= 0.6 is 23.2 Å². The molecule has 0 fully saturated rings. The molecule has 0 spiro atoms. The summed E-state index contributed by atoms with van der Waals surface area (Å²) in [5, 5.41) is 9.88. The Bertz CT molecular complexity index is 651. The van der Waals surface area contributed by atoms with E-state index in [-0.39, 0.29) is 0 Å². The molecule has 0 saturated heterocycles. The Labute approximate surface area is 122 Å². The molecule has 4 heteroatoms. The fraction of sp³-hybridized carbons (Fsp3) is 0.133. The Morgan fingerprint density at radius 1 is 1.05 bits per heavy atom. The quantitative estimate of drug-likeness (QED) is 0.755. The number of benzene rings is 2. The van der Waals surface area contributed by atoms with Crippen molar-refractivity contribution in [3.05, 3.63) is 57.1 Å². The zero-order valence-corrected chi connectivity index (χ0v) is 12.0. The minimum absolute atomic E-state index is 0.410. The molecule has 0 aliphatic rings. The molecule has 19 heavy (non-hydrogen) atoms. The molecular formula is C15H11Cl2NO. The van der Waals surface area contributed by atoms with Gasteiger partial charge in [0.05, 0.1) is 16.7 Å². The highest BCUT2D eigenvalue weighted by Crippen LogP contribution is 2.35. The van der Waals surface area contributed by atoms with E-state index in [2.05, 4.69) is 0 Å². The van der Waals surface area contributed by atoms with Gasteiger partial charge in [0.25, 0.3) is 0 Å². The molecule has 0 amide bonds. The van der Waals surface area contributed by atoms with Crippen LogP contribution in [-0.2, 0) is 0 Å². The lowest BCUT2D eigenvalue weighted by Gasteiger charge is -2.13. The summed E-state index contributed by atoms with van der Waals surface area (Å²) in [6.45, 7) is 3.84. The highest BCUT2D eigenvalue weighted by molar-refractivity contribution is 6.32. The van der Waals surface area contributed by atoms with Gasteiger partial charge in [-0.3, -0.25) is 0 Å². The zero-order valence-electron chi connectivity index (χ0n) is 10.5. The summed E-state index contributed by atoms with van der Waals surface area (Å²) in [6.07, 6.45) is 0. The summed E-state index contributed by atoms with van der Waals surface area (Å²) in [5.74, 6) is 1.25.